The molecule has 100 valence electrons. The third kappa shape index (κ3) is 3.43. The van der Waals surface area contributed by atoms with Crippen LogP contribution in [0, 0.1) is 13.8 Å². The number of anilines is 1. The van der Waals surface area contributed by atoms with Crippen molar-refractivity contribution in [2.24, 2.45) is 0 Å². The van der Waals surface area contributed by atoms with E-state index < -0.39 is 0 Å². The average Bonchev–Trinajstić information content (AvgIpc) is 2.38. The maximum Gasteiger partial charge on any atom is 0.233 e. The van der Waals surface area contributed by atoms with Crippen LogP contribution in [0.1, 0.15) is 23.7 Å². The van der Waals surface area contributed by atoms with Crippen LogP contribution in [-0.4, -0.2) is 35.9 Å². The molecule has 5 nitrogen and oxygen atoms in total. The summed E-state index contributed by atoms with van der Waals surface area (Å²) in [6, 6.07) is 0. The summed E-state index contributed by atoms with van der Waals surface area (Å²) in [7, 11) is 1.64. The average molecular weight is 250 g/mol. The summed E-state index contributed by atoms with van der Waals surface area (Å²) in [5.41, 5.74) is 9.71. The van der Waals surface area contributed by atoms with E-state index in [0.717, 1.165) is 29.1 Å². The van der Waals surface area contributed by atoms with E-state index in [1.165, 1.54) is 0 Å². The molecule has 1 amide bonds. The van der Waals surface area contributed by atoms with Crippen molar-refractivity contribution in [3.63, 3.8) is 0 Å². The van der Waals surface area contributed by atoms with E-state index in [0.29, 0.717) is 13.1 Å². The highest BCUT2D eigenvalue weighted by molar-refractivity contribution is 5.77. The number of nitrogens with two attached hydrogens (primary N) is 1. The van der Waals surface area contributed by atoms with Gasteiger partial charge in [0, 0.05) is 25.5 Å². The van der Waals surface area contributed by atoms with Crippen LogP contribution < -0.4 is 11.1 Å². The Balaban J connectivity index is 2.82. The van der Waals surface area contributed by atoms with E-state index in [1.807, 2.05) is 25.7 Å². The van der Waals surface area contributed by atoms with Crippen molar-refractivity contribution >= 4 is 11.6 Å². The molecule has 5 heteroatoms. The van der Waals surface area contributed by atoms with Crippen molar-refractivity contribution in [1.82, 2.24) is 15.2 Å². The summed E-state index contributed by atoms with van der Waals surface area (Å²) in [6.07, 6.45) is 1.78. The second-order valence-corrected chi connectivity index (χ2v) is 4.40. The van der Waals surface area contributed by atoms with Gasteiger partial charge in [-0.25, -0.2) is 0 Å². The molecule has 1 aromatic rings. The predicted molar refractivity (Wildman–Crippen MR) is 73.1 cm³/mol. The van der Waals surface area contributed by atoms with Crippen LogP contribution >= 0.6 is 0 Å². The van der Waals surface area contributed by atoms with Gasteiger partial charge < -0.3 is 11.1 Å². The van der Waals surface area contributed by atoms with E-state index >= 15 is 0 Å². The SMILES string of the molecule is CCN(CC(=O)NC)Cc1ncc(C)c(N)c1C. The molecule has 0 saturated carbocycles. The number of aryl methyl sites for hydroxylation is 1. The first-order chi connectivity index (χ1) is 8.49. The van der Waals surface area contributed by atoms with Crippen molar-refractivity contribution in [3.05, 3.63) is 23.0 Å². The molecule has 1 aromatic heterocycles. The standard InChI is InChI=1S/C13H22N4O/c1-5-17(8-12(18)15-4)7-11-10(3)13(14)9(2)6-16-11/h6H,5,7-8H2,1-4H3,(H2,14,16)(H,15,18). The van der Waals surface area contributed by atoms with Crippen LogP contribution in [0.25, 0.3) is 0 Å². The third-order valence-corrected chi connectivity index (χ3v) is 3.14. The van der Waals surface area contributed by atoms with Crippen molar-refractivity contribution in [2.45, 2.75) is 27.3 Å². The van der Waals surface area contributed by atoms with Gasteiger partial charge in [0.05, 0.1) is 12.2 Å². The van der Waals surface area contributed by atoms with Gasteiger partial charge in [-0.2, -0.15) is 0 Å². The van der Waals surface area contributed by atoms with Crippen molar-refractivity contribution < 1.29 is 4.79 Å². The molecule has 0 aromatic carbocycles. The Morgan fingerprint density at radius 2 is 2.17 bits per heavy atom. The van der Waals surface area contributed by atoms with Gasteiger partial charge in [0.25, 0.3) is 0 Å². The Kier molecular flexibility index (Phi) is 5.09. The largest absolute Gasteiger partial charge is 0.398 e. The number of likely N-dealkylation sites (N-methyl/N-ethyl adjacent to an activating group) is 2. The van der Waals surface area contributed by atoms with E-state index in [1.54, 1.807) is 13.2 Å². The minimum absolute atomic E-state index is 0.00888. The molecule has 1 heterocycles. The van der Waals surface area contributed by atoms with E-state index in [9.17, 15) is 4.79 Å². The monoisotopic (exact) mass is 250 g/mol. The fourth-order valence-corrected chi connectivity index (χ4v) is 1.73. The second kappa shape index (κ2) is 6.35. The molecule has 0 atom stereocenters. The maximum absolute atomic E-state index is 11.4. The predicted octanol–water partition coefficient (Wildman–Crippen LogP) is 0.849. The Hall–Kier alpha value is -1.62. The Bertz CT molecular complexity index is 431. The highest BCUT2D eigenvalue weighted by Crippen LogP contribution is 2.18. The fraction of sp³-hybridized carbons (Fsp3) is 0.538. The smallest absolute Gasteiger partial charge is 0.233 e. The molecule has 0 unspecified atom stereocenters. The number of rotatable bonds is 5. The van der Waals surface area contributed by atoms with Crippen LogP contribution in [0.4, 0.5) is 5.69 Å². The van der Waals surface area contributed by atoms with Crippen molar-refractivity contribution in [2.75, 3.05) is 25.9 Å². The zero-order valence-corrected chi connectivity index (χ0v) is 11.6. The summed E-state index contributed by atoms with van der Waals surface area (Å²) >= 11 is 0. The Labute approximate surface area is 108 Å². The molecule has 1 rings (SSSR count). The van der Waals surface area contributed by atoms with Crippen molar-refractivity contribution in [3.8, 4) is 0 Å². The normalized spacial score (nSPS) is 10.7. The van der Waals surface area contributed by atoms with E-state index in [2.05, 4.69) is 10.3 Å². The first kappa shape index (κ1) is 14.4. The summed E-state index contributed by atoms with van der Waals surface area (Å²) in [5, 5.41) is 2.62. The molecule has 0 saturated heterocycles. The molecule has 0 radical (unpaired) electrons. The number of aromatic nitrogens is 1. The number of nitrogens with zero attached hydrogens (tertiary/aromatic N) is 2. The molecule has 0 bridgehead atoms. The number of pyridine rings is 1. The van der Waals surface area contributed by atoms with Gasteiger partial charge in [0.2, 0.25) is 5.91 Å². The lowest BCUT2D eigenvalue weighted by molar-refractivity contribution is -0.121. The lowest BCUT2D eigenvalue weighted by Crippen LogP contribution is -2.35. The number of carbonyl (C=O) groups is 1. The molecule has 0 aliphatic rings. The van der Waals surface area contributed by atoms with Gasteiger partial charge in [0.1, 0.15) is 0 Å². The van der Waals surface area contributed by atoms with E-state index in [-0.39, 0.29) is 5.91 Å². The van der Waals surface area contributed by atoms with Gasteiger partial charge in [-0.3, -0.25) is 14.7 Å². The second-order valence-electron chi connectivity index (χ2n) is 4.40. The topological polar surface area (TPSA) is 71.2 Å². The third-order valence-electron chi connectivity index (χ3n) is 3.14. The number of hydrogen-bond donors (Lipinski definition) is 2. The first-order valence-electron chi connectivity index (χ1n) is 6.13. The Morgan fingerprint density at radius 3 is 2.72 bits per heavy atom. The highest BCUT2D eigenvalue weighted by Gasteiger charge is 2.12. The van der Waals surface area contributed by atoms with Crippen molar-refractivity contribution in [1.29, 1.82) is 0 Å². The van der Waals surface area contributed by atoms with Crippen LogP contribution in [-0.2, 0) is 11.3 Å². The zero-order chi connectivity index (χ0) is 13.7. The molecule has 0 aliphatic heterocycles. The fourth-order valence-electron chi connectivity index (χ4n) is 1.73. The van der Waals surface area contributed by atoms with Crippen LogP contribution in [0.2, 0.25) is 0 Å². The molecule has 3 N–H and O–H groups in total. The van der Waals surface area contributed by atoms with Gasteiger partial charge in [0.15, 0.2) is 0 Å². The number of hydrogen-bond acceptors (Lipinski definition) is 4. The molecular formula is C13H22N4O. The summed E-state index contributed by atoms with van der Waals surface area (Å²) < 4.78 is 0. The number of amides is 1. The van der Waals surface area contributed by atoms with Gasteiger partial charge in [-0.15, -0.1) is 0 Å². The highest BCUT2D eigenvalue weighted by atomic mass is 16.1. The minimum atomic E-state index is 0.00888. The maximum atomic E-state index is 11.4. The summed E-state index contributed by atoms with van der Waals surface area (Å²) in [5.74, 6) is 0.00888. The summed E-state index contributed by atoms with van der Waals surface area (Å²) in [6.45, 7) is 7.75. The first-order valence-corrected chi connectivity index (χ1v) is 6.13. The molecule has 18 heavy (non-hydrogen) atoms. The number of nitrogens with one attached hydrogen (secondary N) is 1. The lowest BCUT2D eigenvalue weighted by atomic mass is 10.1. The molecule has 0 spiro atoms. The number of nitrogen functional groups attached to an aromatic ring is 1. The molecular weight excluding hydrogens is 228 g/mol. The van der Waals surface area contributed by atoms with Gasteiger partial charge >= 0.3 is 0 Å². The molecule has 0 aliphatic carbocycles. The minimum Gasteiger partial charge on any atom is -0.398 e. The van der Waals surface area contributed by atoms with E-state index in [4.69, 9.17) is 5.73 Å². The molecule has 0 fully saturated rings. The van der Waals surface area contributed by atoms with Crippen LogP contribution in [0.5, 0.6) is 0 Å². The van der Waals surface area contributed by atoms with Crippen LogP contribution in [0.3, 0.4) is 0 Å². The quantitative estimate of drug-likeness (QED) is 0.812. The van der Waals surface area contributed by atoms with Crippen LogP contribution in [0.15, 0.2) is 6.20 Å². The van der Waals surface area contributed by atoms with Gasteiger partial charge in [-0.05, 0) is 31.5 Å². The lowest BCUT2D eigenvalue weighted by Gasteiger charge is -2.20. The Morgan fingerprint density at radius 1 is 1.50 bits per heavy atom. The number of carbonyl (C=O) groups excluding carboxylic acids is 1. The zero-order valence-electron chi connectivity index (χ0n) is 11.6. The summed E-state index contributed by atoms with van der Waals surface area (Å²) in [4.78, 5) is 17.8. The van der Waals surface area contributed by atoms with Gasteiger partial charge in [-0.1, -0.05) is 6.92 Å².